The Balaban J connectivity index is 1.61. The van der Waals surface area contributed by atoms with Crippen molar-refractivity contribution in [2.75, 3.05) is 26.2 Å². The number of aliphatic hydroxyl groups is 1. The van der Waals surface area contributed by atoms with Gasteiger partial charge in [0.05, 0.1) is 29.2 Å². The van der Waals surface area contributed by atoms with Crippen LogP contribution in [0.5, 0.6) is 0 Å². The van der Waals surface area contributed by atoms with Gasteiger partial charge in [0.2, 0.25) is 17.7 Å². The molecule has 4 aliphatic rings. The Morgan fingerprint density at radius 3 is 2.35 bits per heavy atom. The Bertz CT molecular complexity index is 1190. The SMILES string of the molecule is CCCCN1CC=C[C@]23S[C@@]4(C)C=CCN(Cc5ccccc5)C(=O)[C@H]4[C@H]2C(=O)N([C@@H](CO)[C@@H](C)CC)C3C1=O. The summed E-state index contributed by atoms with van der Waals surface area (Å²) in [4.78, 5) is 48.9. The molecule has 1 N–H and O–H groups in total. The lowest BCUT2D eigenvalue weighted by molar-refractivity contribution is -0.148. The summed E-state index contributed by atoms with van der Waals surface area (Å²) in [6, 6.07) is 8.68. The van der Waals surface area contributed by atoms with Crippen molar-refractivity contribution >= 4 is 29.5 Å². The highest BCUT2D eigenvalue weighted by Crippen LogP contribution is 2.66. The average Bonchev–Trinajstić information content (AvgIpc) is 3.23. The number of thioether (sulfide) groups is 1. The number of nitrogens with zero attached hydrogens (tertiary/aromatic N) is 3. The summed E-state index contributed by atoms with van der Waals surface area (Å²) in [5.41, 5.74) is 1.04. The van der Waals surface area contributed by atoms with Crippen molar-refractivity contribution in [2.45, 2.75) is 75.1 Å². The maximum atomic E-state index is 14.7. The van der Waals surface area contributed by atoms with Gasteiger partial charge in [-0.1, -0.05) is 88.2 Å². The third kappa shape index (κ3) is 4.61. The highest BCUT2D eigenvalue weighted by atomic mass is 32.2. The molecule has 0 saturated carbocycles. The molecule has 1 unspecified atom stereocenters. The minimum atomic E-state index is -0.884. The molecule has 7 atom stereocenters. The largest absolute Gasteiger partial charge is 0.394 e. The Hall–Kier alpha value is -2.58. The molecule has 2 fully saturated rings. The van der Waals surface area contributed by atoms with Gasteiger partial charge < -0.3 is 19.8 Å². The van der Waals surface area contributed by atoms with Gasteiger partial charge in [-0.3, -0.25) is 14.4 Å². The van der Waals surface area contributed by atoms with E-state index in [0.29, 0.717) is 26.2 Å². The first kappa shape index (κ1) is 28.9. The molecular formula is C32H43N3O4S. The van der Waals surface area contributed by atoms with Crippen LogP contribution in [0.3, 0.4) is 0 Å². The first-order valence-corrected chi connectivity index (χ1v) is 15.6. The Morgan fingerprint density at radius 1 is 0.975 bits per heavy atom. The fraction of sp³-hybridized carbons (Fsp3) is 0.594. The Morgan fingerprint density at radius 2 is 1.68 bits per heavy atom. The molecule has 1 aromatic carbocycles. The molecule has 0 bridgehead atoms. The second-order valence-corrected chi connectivity index (χ2v) is 13.8. The fourth-order valence-electron chi connectivity index (χ4n) is 7.23. The summed E-state index contributed by atoms with van der Waals surface area (Å²) in [5, 5.41) is 10.6. The van der Waals surface area contributed by atoms with E-state index in [-0.39, 0.29) is 30.2 Å². The number of carbonyl (C=O) groups is 3. The quantitative estimate of drug-likeness (QED) is 0.460. The molecule has 0 aliphatic carbocycles. The van der Waals surface area contributed by atoms with Crippen molar-refractivity contribution in [1.29, 1.82) is 0 Å². The molecule has 4 heterocycles. The zero-order valence-corrected chi connectivity index (χ0v) is 25.0. The van der Waals surface area contributed by atoms with E-state index in [4.69, 9.17) is 0 Å². The van der Waals surface area contributed by atoms with Crippen LogP contribution >= 0.6 is 11.8 Å². The van der Waals surface area contributed by atoms with E-state index in [1.165, 1.54) is 0 Å². The molecule has 7 nitrogen and oxygen atoms in total. The van der Waals surface area contributed by atoms with Crippen LogP contribution in [-0.4, -0.2) is 85.3 Å². The van der Waals surface area contributed by atoms with Crippen molar-refractivity contribution in [2.24, 2.45) is 17.8 Å². The number of amides is 3. The number of unbranched alkanes of at least 4 members (excludes halogenated alkanes) is 1. The van der Waals surface area contributed by atoms with Gasteiger partial charge in [-0.05, 0) is 24.8 Å². The van der Waals surface area contributed by atoms with Crippen molar-refractivity contribution in [1.82, 2.24) is 14.7 Å². The molecule has 216 valence electrons. The van der Waals surface area contributed by atoms with Gasteiger partial charge in [0.15, 0.2) is 0 Å². The van der Waals surface area contributed by atoms with Crippen LogP contribution in [0.4, 0.5) is 0 Å². The predicted molar refractivity (Wildman–Crippen MR) is 158 cm³/mol. The summed E-state index contributed by atoms with van der Waals surface area (Å²) < 4.78 is -1.52. The van der Waals surface area contributed by atoms with Gasteiger partial charge in [0, 0.05) is 30.9 Å². The summed E-state index contributed by atoms with van der Waals surface area (Å²) in [7, 11) is 0. The van der Waals surface area contributed by atoms with E-state index in [2.05, 4.69) is 26.0 Å². The van der Waals surface area contributed by atoms with Crippen LogP contribution in [-0.2, 0) is 20.9 Å². The van der Waals surface area contributed by atoms with E-state index in [1.807, 2.05) is 66.1 Å². The molecule has 8 heteroatoms. The van der Waals surface area contributed by atoms with E-state index < -0.39 is 33.4 Å². The first-order valence-electron chi connectivity index (χ1n) is 14.8. The number of aliphatic hydroxyl groups excluding tert-OH is 1. The Kier molecular flexibility index (Phi) is 8.22. The van der Waals surface area contributed by atoms with Gasteiger partial charge in [-0.2, -0.15) is 0 Å². The van der Waals surface area contributed by atoms with Crippen molar-refractivity contribution in [3.63, 3.8) is 0 Å². The maximum absolute atomic E-state index is 14.7. The molecule has 0 radical (unpaired) electrons. The average molecular weight is 566 g/mol. The summed E-state index contributed by atoms with van der Waals surface area (Å²) in [5.74, 6) is -1.59. The lowest BCUT2D eigenvalue weighted by Crippen LogP contribution is -2.58. The number of hydrogen-bond acceptors (Lipinski definition) is 5. The molecule has 4 aliphatic heterocycles. The summed E-state index contributed by atoms with van der Waals surface area (Å²) in [6.07, 6.45) is 10.9. The first-order chi connectivity index (χ1) is 19.2. The van der Waals surface area contributed by atoms with E-state index in [1.54, 1.807) is 16.7 Å². The third-order valence-electron chi connectivity index (χ3n) is 9.50. The van der Waals surface area contributed by atoms with Gasteiger partial charge in [0.1, 0.15) is 6.04 Å². The van der Waals surface area contributed by atoms with Gasteiger partial charge >= 0.3 is 0 Å². The molecule has 1 aromatic rings. The topological polar surface area (TPSA) is 81.2 Å². The number of benzene rings is 1. The molecule has 40 heavy (non-hydrogen) atoms. The predicted octanol–water partition coefficient (Wildman–Crippen LogP) is 3.88. The molecular weight excluding hydrogens is 522 g/mol. The highest BCUT2D eigenvalue weighted by Gasteiger charge is 2.74. The van der Waals surface area contributed by atoms with Crippen molar-refractivity contribution in [3.05, 3.63) is 60.2 Å². The minimum absolute atomic E-state index is 0.00430. The third-order valence-corrected chi connectivity index (χ3v) is 11.3. The smallest absolute Gasteiger partial charge is 0.247 e. The van der Waals surface area contributed by atoms with Gasteiger partial charge in [-0.25, -0.2) is 0 Å². The summed E-state index contributed by atoms with van der Waals surface area (Å²) in [6.45, 7) is 10.1. The lowest BCUT2D eigenvalue weighted by Gasteiger charge is -2.41. The maximum Gasteiger partial charge on any atom is 0.247 e. The number of hydrogen-bond donors (Lipinski definition) is 1. The van der Waals surface area contributed by atoms with Crippen LogP contribution in [0.2, 0.25) is 0 Å². The van der Waals surface area contributed by atoms with Crippen LogP contribution in [0.25, 0.3) is 0 Å². The second kappa shape index (κ2) is 11.4. The van der Waals surface area contributed by atoms with Gasteiger partial charge in [-0.15, -0.1) is 11.8 Å². The minimum Gasteiger partial charge on any atom is -0.394 e. The van der Waals surface area contributed by atoms with Crippen LogP contribution in [0, 0.1) is 17.8 Å². The molecule has 1 spiro atoms. The monoisotopic (exact) mass is 565 g/mol. The van der Waals surface area contributed by atoms with E-state index in [0.717, 1.165) is 24.8 Å². The fourth-order valence-corrected chi connectivity index (χ4v) is 9.37. The van der Waals surface area contributed by atoms with E-state index in [9.17, 15) is 19.5 Å². The van der Waals surface area contributed by atoms with Crippen LogP contribution in [0.15, 0.2) is 54.6 Å². The normalized spacial score (nSPS) is 33.0. The Labute approximate surface area is 242 Å². The number of likely N-dealkylation sites (tertiary alicyclic amines) is 1. The molecule has 2 saturated heterocycles. The highest BCUT2D eigenvalue weighted by molar-refractivity contribution is 8.02. The van der Waals surface area contributed by atoms with E-state index >= 15 is 0 Å². The molecule has 0 aromatic heterocycles. The number of fused-ring (bicyclic) bond motifs is 2. The molecule has 5 rings (SSSR count). The second-order valence-electron chi connectivity index (χ2n) is 12.0. The van der Waals surface area contributed by atoms with Crippen molar-refractivity contribution < 1.29 is 19.5 Å². The van der Waals surface area contributed by atoms with Crippen molar-refractivity contribution in [3.8, 4) is 0 Å². The van der Waals surface area contributed by atoms with Crippen LogP contribution in [0.1, 0.15) is 52.5 Å². The summed E-state index contributed by atoms with van der Waals surface area (Å²) >= 11 is 1.61. The van der Waals surface area contributed by atoms with Gasteiger partial charge in [0.25, 0.3) is 0 Å². The number of rotatable bonds is 9. The molecule has 3 amide bonds. The lowest BCUT2D eigenvalue weighted by atomic mass is 9.74. The zero-order valence-electron chi connectivity index (χ0n) is 24.2. The van der Waals surface area contributed by atoms with Crippen LogP contribution < -0.4 is 0 Å². The zero-order chi connectivity index (χ0) is 28.7. The number of carbonyl (C=O) groups excluding carboxylic acids is 3. The standard InChI is InChI=1S/C32H43N3O4S/c1-5-7-17-33-18-12-16-32-26(29(38)35(27(32)30(33)39)24(21-36)22(3)6-2)25-28(37)34(19-11-15-31(25,4)40-32)20-23-13-9-8-10-14-23/h8-16,22,24-27,36H,5-7,17-21H2,1-4H3/t22-,24-,25+,26-,27?,31-,32-/m0/s1.